The molecule has 1 aliphatic heterocycles. The van der Waals surface area contributed by atoms with Gasteiger partial charge >= 0.3 is 6.09 Å². The SMILES string of the molecule is CC[C@@]1(c2ccccn2)CCN(C(=O)OC(C)(C)C)C[C@H]1O. The van der Waals surface area contributed by atoms with Crippen LogP contribution in [0.5, 0.6) is 0 Å². The smallest absolute Gasteiger partial charge is 0.410 e. The summed E-state index contributed by atoms with van der Waals surface area (Å²) in [6.45, 7) is 8.43. The van der Waals surface area contributed by atoms with E-state index >= 15 is 0 Å². The van der Waals surface area contributed by atoms with Gasteiger partial charge in [-0.05, 0) is 45.7 Å². The average molecular weight is 306 g/mol. The number of aliphatic hydroxyl groups excluding tert-OH is 1. The molecule has 1 amide bonds. The van der Waals surface area contributed by atoms with Crippen molar-refractivity contribution in [1.82, 2.24) is 9.88 Å². The molecule has 2 rings (SSSR count). The zero-order valence-electron chi connectivity index (χ0n) is 13.9. The summed E-state index contributed by atoms with van der Waals surface area (Å²) in [5.41, 5.74) is -0.0175. The number of nitrogens with zero attached hydrogens (tertiary/aromatic N) is 2. The zero-order valence-corrected chi connectivity index (χ0v) is 13.9. The van der Waals surface area contributed by atoms with Crippen molar-refractivity contribution in [2.75, 3.05) is 13.1 Å². The quantitative estimate of drug-likeness (QED) is 0.912. The number of rotatable bonds is 2. The lowest BCUT2D eigenvalue weighted by atomic mass is 9.71. The van der Waals surface area contributed by atoms with Crippen molar-refractivity contribution < 1.29 is 14.6 Å². The number of ether oxygens (including phenoxy) is 1. The molecule has 1 saturated heterocycles. The molecule has 122 valence electrons. The molecule has 5 heteroatoms. The maximum Gasteiger partial charge on any atom is 0.410 e. The van der Waals surface area contributed by atoms with Crippen molar-refractivity contribution in [2.24, 2.45) is 0 Å². The molecule has 2 atom stereocenters. The molecule has 0 bridgehead atoms. The van der Waals surface area contributed by atoms with Gasteiger partial charge in [-0.3, -0.25) is 4.98 Å². The molecular formula is C17H26N2O3. The lowest BCUT2D eigenvalue weighted by Crippen LogP contribution is -2.55. The molecule has 2 heterocycles. The van der Waals surface area contributed by atoms with Gasteiger partial charge in [0.25, 0.3) is 0 Å². The van der Waals surface area contributed by atoms with Crippen LogP contribution in [-0.2, 0) is 10.2 Å². The monoisotopic (exact) mass is 306 g/mol. The minimum atomic E-state index is -0.645. The fourth-order valence-corrected chi connectivity index (χ4v) is 3.02. The molecule has 0 aromatic carbocycles. The van der Waals surface area contributed by atoms with E-state index in [9.17, 15) is 9.90 Å². The number of aromatic nitrogens is 1. The molecule has 22 heavy (non-hydrogen) atoms. The molecule has 1 aromatic rings. The van der Waals surface area contributed by atoms with Gasteiger partial charge in [-0.25, -0.2) is 4.79 Å². The third kappa shape index (κ3) is 3.40. The summed E-state index contributed by atoms with van der Waals surface area (Å²) in [4.78, 5) is 18.2. The Balaban J connectivity index is 2.13. The Bertz CT molecular complexity index is 512. The highest BCUT2D eigenvalue weighted by atomic mass is 16.6. The highest BCUT2D eigenvalue weighted by Crippen LogP contribution is 2.37. The van der Waals surface area contributed by atoms with Crippen LogP contribution in [0.15, 0.2) is 24.4 Å². The first kappa shape index (κ1) is 16.7. The summed E-state index contributed by atoms with van der Waals surface area (Å²) in [5, 5.41) is 10.7. The van der Waals surface area contributed by atoms with Crippen LogP contribution in [0.25, 0.3) is 0 Å². The molecule has 0 unspecified atom stereocenters. The van der Waals surface area contributed by atoms with E-state index in [1.807, 2.05) is 39.0 Å². The minimum absolute atomic E-state index is 0.277. The number of carbonyl (C=O) groups is 1. The fourth-order valence-electron chi connectivity index (χ4n) is 3.02. The predicted molar refractivity (Wildman–Crippen MR) is 84.6 cm³/mol. The number of amides is 1. The molecule has 1 aromatic heterocycles. The largest absolute Gasteiger partial charge is 0.444 e. The van der Waals surface area contributed by atoms with Gasteiger partial charge in [-0.2, -0.15) is 0 Å². The van der Waals surface area contributed by atoms with Crippen LogP contribution in [0.3, 0.4) is 0 Å². The minimum Gasteiger partial charge on any atom is -0.444 e. The Morgan fingerprint density at radius 3 is 2.73 bits per heavy atom. The van der Waals surface area contributed by atoms with Crippen LogP contribution >= 0.6 is 0 Å². The van der Waals surface area contributed by atoms with E-state index < -0.39 is 11.7 Å². The average Bonchev–Trinajstić information content (AvgIpc) is 2.46. The van der Waals surface area contributed by atoms with E-state index in [2.05, 4.69) is 11.9 Å². The molecule has 1 fully saturated rings. The number of β-amino-alcohol motifs (C(OH)–C–C–N with tert-alkyl or cyclic N) is 1. The summed E-state index contributed by atoms with van der Waals surface area (Å²) in [6, 6.07) is 5.76. The van der Waals surface area contributed by atoms with Gasteiger partial charge in [-0.1, -0.05) is 13.0 Å². The van der Waals surface area contributed by atoms with Crippen LogP contribution in [0.4, 0.5) is 4.79 Å². The molecular weight excluding hydrogens is 280 g/mol. The summed E-state index contributed by atoms with van der Waals surface area (Å²) in [6.07, 6.45) is 2.21. The van der Waals surface area contributed by atoms with E-state index in [1.165, 1.54) is 0 Å². The summed E-state index contributed by atoms with van der Waals surface area (Å²) in [7, 11) is 0. The highest BCUT2D eigenvalue weighted by Gasteiger charge is 2.45. The van der Waals surface area contributed by atoms with Crippen molar-refractivity contribution in [1.29, 1.82) is 0 Å². The number of pyridine rings is 1. The number of likely N-dealkylation sites (tertiary alicyclic amines) is 1. The van der Waals surface area contributed by atoms with Gasteiger partial charge in [0.15, 0.2) is 0 Å². The van der Waals surface area contributed by atoms with E-state index in [0.29, 0.717) is 13.0 Å². The second kappa shape index (κ2) is 6.24. The topological polar surface area (TPSA) is 62.7 Å². The Morgan fingerprint density at radius 2 is 2.23 bits per heavy atom. The van der Waals surface area contributed by atoms with Crippen molar-refractivity contribution in [2.45, 2.75) is 57.7 Å². The van der Waals surface area contributed by atoms with Crippen molar-refractivity contribution in [3.05, 3.63) is 30.1 Å². The first-order chi connectivity index (χ1) is 10.3. The van der Waals surface area contributed by atoms with Gasteiger partial charge in [0.05, 0.1) is 12.6 Å². The summed E-state index contributed by atoms with van der Waals surface area (Å²) < 4.78 is 5.39. The number of hydrogen-bond acceptors (Lipinski definition) is 4. The maximum absolute atomic E-state index is 12.2. The van der Waals surface area contributed by atoms with Crippen molar-refractivity contribution in [3.63, 3.8) is 0 Å². The van der Waals surface area contributed by atoms with Gasteiger partial charge in [-0.15, -0.1) is 0 Å². The van der Waals surface area contributed by atoms with Gasteiger partial charge in [0.2, 0.25) is 0 Å². The molecule has 1 aliphatic rings. The molecule has 1 N–H and O–H groups in total. The Morgan fingerprint density at radius 1 is 1.50 bits per heavy atom. The summed E-state index contributed by atoms with van der Waals surface area (Å²) in [5.74, 6) is 0. The Labute approximate surface area is 132 Å². The van der Waals surface area contributed by atoms with Crippen LogP contribution in [-0.4, -0.2) is 45.9 Å². The standard InChI is InChI=1S/C17H26N2O3/c1-5-17(13-8-6-7-10-18-13)9-11-19(12-14(17)20)15(21)22-16(2,3)4/h6-8,10,14,20H,5,9,11-12H2,1-4H3/t14-,17+/m1/s1. The maximum atomic E-state index is 12.2. The second-order valence-corrected chi connectivity index (χ2v) is 6.92. The Kier molecular flexibility index (Phi) is 4.75. The molecule has 0 spiro atoms. The van der Waals surface area contributed by atoms with E-state index in [-0.39, 0.29) is 18.1 Å². The van der Waals surface area contributed by atoms with Gasteiger partial charge in [0, 0.05) is 23.9 Å². The molecule has 0 saturated carbocycles. The second-order valence-electron chi connectivity index (χ2n) is 6.92. The first-order valence-corrected chi connectivity index (χ1v) is 7.86. The number of hydrogen-bond donors (Lipinski definition) is 1. The first-order valence-electron chi connectivity index (χ1n) is 7.86. The zero-order chi connectivity index (χ0) is 16.4. The van der Waals surface area contributed by atoms with Crippen LogP contribution in [0, 0.1) is 0 Å². The van der Waals surface area contributed by atoms with E-state index in [1.54, 1.807) is 11.1 Å². The lowest BCUT2D eigenvalue weighted by molar-refractivity contribution is -0.0260. The third-order valence-corrected chi connectivity index (χ3v) is 4.32. The van der Waals surface area contributed by atoms with E-state index in [4.69, 9.17) is 4.74 Å². The third-order valence-electron chi connectivity index (χ3n) is 4.32. The lowest BCUT2D eigenvalue weighted by Gasteiger charge is -2.44. The van der Waals surface area contributed by atoms with Gasteiger partial charge < -0.3 is 14.7 Å². The molecule has 0 radical (unpaired) electrons. The van der Waals surface area contributed by atoms with E-state index in [0.717, 1.165) is 12.1 Å². The van der Waals surface area contributed by atoms with Crippen molar-refractivity contribution in [3.8, 4) is 0 Å². The number of aliphatic hydroxyl groups is 1. The molecule has 5 nitrogen and oxygen atoms in total. The highest BCUT2D eigenvalue weighted by molar-refractivity contribution is 5.68. The van der Waals surface area contributed by atoms with Gasteiger partial charge in [0.1, 0.15) is 5.60 Å². The fraction of sp³-hybridized carbons (Fsp3) is 0.647. The van der Waals surface area contributed by atoms with Crippen LogP contribution in [0.1, 0.15) is 46.2 Å². The predicted octanol–water partition coefficient (Wildman–Crippen LogP) is 2.73. The normalized spacial score (nSPS) is 25.9. The summed E-state index contributed by atoms with van der Waals surface area (Å²) >= 11 is 0. The van der Waals surface area contributed by atoms with Crippen LogP contribution < -0.4 is 0 Å². The Hall–Kier alpha value is -1.62. The molecule has 0 aliphatic carbocycles. The number of carbonyl (C=O) groups excluding carboxylic acids is 1. The number of piperidine rings is 1. The van der Waals surface area contributed by atoms with Crippen molar-refractivity contribution >= 4 is 6.09 Å². The van der Waals surface area contributed by atoms with Crippen LogP contribution in [0.2, 0.25) is 0 Å².